The number of carbonyl (C=O) groups is 1. The maximum absolute atomic E-state index is 13.3. The second-order valence-corrected chi connectivity index (χ2v) is 8.45. The molecule has 4 rings (SSSR count). The monoisotopic (exact) mass is 441 g/mol. The number of hydrogen-bond donors (Lipinski definition) is 1. The molecule has 1 aliphatic heterocycles. The molecule has 1 aromatic carbocycles. The first-order valence-electron chi connectivity index (χ1n) is 10.8. The molecule has 0 aliphatic carbocycles. The third-order valence-electron chi connectivity index (χ3n) is 5.46. The highest BCUT2D eigenvalue weighted by Crippen LogP contribution is 2.31. The molecule has 2 aromatic heterocycles. The van der Waals surface area contributed by atoms with Gasteiger partial charge in [0.25, 0.3) is 5.91 Å². The number of hydroxylamine groups is 2. The molecule has 0 fully saturated rings. The van der Waals surface area contributed by atoms with Crippen molar-refractivity contribution in [2.45, 2.75) is 33.4 Å². The smallest absolute Gasteiger partial charge is 0.296 e. The summed E-state index contributed by atoms with van der Waals surface area (Å²) in [6.07, 6.45) is 4.16. The Hall–Kier alpha value is -2.81. The summed E-state index contributed by atoms with van der Waals surface area (Å²) in [5, 5.41) is 11.5. The van der Waals surface area contributed by atoms with Crippen molar-refractivity contribution < 1.29 is 23.9 Å². The first kappa shape index (κ1) is 22.4. The van der Waals surface area contributed by atoms with E-state index in [1.807, 2.05) is 10.8 Å². The van der Waals surface area contributed by atoms with E-state index < -0.39 is 5.91 Å². The fraction of sp³-hybridized carbons (Fsp3) is 0.417. The largest absolute Gasteiger partial charge is 0.379 e. The van der Waals surface area contributed by atoms with Crippen LogP contribution in [0.25, 0.3) is 10.9 Å². The van der Waals surface area contributed by atoms with Gasteiger partial charge in [0.1, 0.15) is 11.5 Å². The molecule has 1 aliphatic rings. The summed E-state index contributed by atoms with van der Waals surface area (Å²) in [7, 11) is 0. The number of benzene rings is 1. The van der Waals surface area contributed by atoms with Gasteiger partial charge in [-0.15, -0.1) is 0 Å². The van der Waals surface area contributed by atoms with E-state index in [2.05, 4.69) is 18.8 Å². The van der Waals surface area contributed by atoms with Crippen molar-refractivity contribution in [1.82, 2.24) is 14.6 Å². The van der Waals surface area contributed by atoms with Gasteiger partial charge in [-0.3, -0.25) is 10.0 Å². The molecule has 0 bridgehead atoms. The summed E-state index contributed by atoms with van der Waals surface area (Å²) in [5.41, 5.74) is 3.87. The SMILES string of the molecule is CC(C)COCCOCc1cn(Cc2ccc(F)cc2)c2cnc3c(c12)CCN(O)C3=O. The van der Waals surface area contributed by atoms with Crippen LogP contribution >= 0.6 is 0 Å². The van der Waals surface area contributed by atoms with Gasteiger partial charge in [-0.05, 0) is 35.6 Å². The third kappa shape index (κ3) is 4.82. The minimum absolute atomic E-state index is 0.221. The van der Waals surface area contributed by atoms with Crippen molar-refractivity contribution in [3.05, 3.63) is 64.9 Å². The average Bonchev–Trinajstić information content (AvgIpc) is 3.12. The third-order valence-corrected chi connectivity index (χ3v) is 5.46. The van der Waals surface area contributed by atoms with Crippen LogP contribution in [0.3, 0.4) is 0 Å². The molecule has 0 atom stereocenters. The molecule has 0 radical (unpaired) electrons. The van der Waals surface area contributed by atoms with Gasteiger partial charge in [-0.1, -0.05) is 26.0 Å². The Labute approximate surface area is 186 Å². The molecule has 0 saturated carbocycles. The van der Waals surface area contributed by atoms with Gasteiger partial charge in [0.2, 0.25) is 0 Å². The molecule has 32 heavy (non-hydrogen) atoms. The quantitative estimate of drug-likeness (QED) is 0.404. The second kappa shape index (κ2) is 9.77. The highest BCUT2D eigenvalue weighted by molar-refractivity contribution is 6.00. The summed E-state index contributed by atoms with van der Waals surface area (Å²) in [6.45, 7) is 7.00. The van der Waals surface area contributed by atoms with Crippen molar-refractivity contribution in [2.75, 3.05) is 26.4 Å². The van der Waals surface area contributed by atoms with Gasteiger partial charge in [-0.2, -0.15) is 0 Å². The topological polar surface area (TPSA) is 76.8 Å². The van der Waals surface area contributed by atoms with E-state index in [4.69, 9.17) is 9.47 Å². The highest BCUT2D eigenvalue weighted by Gasteiger charge is 2.28. The maximum atomic E-state index is 13.3. The molecule has 3 aromatic rings. The number of hydrogen-bond acceptors (Lipinski definition) is 5. The van der Waals surface area contributed by atoms with Crippen LogP contribution in [0.15, 0.2) is 36.7 Å². The van der Waals surface area contributed by atoms with Crippen LogP contribution in [-0.2, 0) is 29.0 Å². The molecule has 3 heterocycles. The van der Waals surface area contributed by atoms with Crippen LogP contribution in [0.2, 0.25) is 0 Å². The Bertz CT molecular complexity index is 1090. The highest BCUT2D eigenvalue weighted by atomic mass is 19.1. The normalized spacial score (nSPS) is 13.9. The zero-order valence-electron chi connectivity index (χ0n) is 18.4. The van der Waals surface area contributed by atoms with Gasteiger partial charge in [0.05, 0.1) is 38.1 Å². The first-order valence-corrected chi connectivity index (χ1v) is 10.8. The molecule has 1 N–H and O–H groups in total. The van der Waals surface area contributed by atoms with E-state index in [0.29, 0.717) is 50.4 Å². The van der Waals surface area contributed by atoms with Crippen molar-refractivity contribution in [2.24, 2.45) is 5.92 Å². The summed E-state index contributed by atoms with van der Waals surface area (Å²) in [6, 6.07) is 6.39. The van der Waals surface area contributed by atoms with Crippen molar-refractivity contribution >= 4 is 16.8 Å². The van der Waals surface area contributed by atoms with Crippen molar-refractivity contribution in [3.8, 4) is 0 Å². The Morgan fingerprint density at radius 2 is 1.94 bits per heavy atom. The van der Waals surface area contributed by atoms with Crippen LogP contribution in [0, 0.1) is 11.7 Å². The van der Waals surface area contributed by atoms with Crippen LogP contribution in [0.1, 0.15) is 41.0 Å². The van der Waals surface area contributed by atoms with Gasteiger partial charge in [0.15, 0.2) is 0 Å². The average molecular weight is 442 g/mol. The predicted molar refractivity (Wildman–Crippen MR) is 117 cm³/mol. The molecule has 170 valence electrons. The van der Waals surface area contributed by atoms with E-state index in [9.17, 15) is 14.4 Å². The van der Waals surface area contributed by atoms with Crippen molar-refractivity contribution in [1.29, 1.82) is 0 Å². The maximum Gasteiger partial charge on any atom is 0.296 e. The number of aromatic nitrogens is 2. The van der Waals surface area contributed by atoms with Gasteiger partial charge in [0, 0.05) is 30.3 Å². The van der Waals surface area contributed by atoms with E-state index in [1.54, 1.807) is 18.3 Å². The number of amides is 1. The number of ether oxygens (including phenoxy) is 2. The molecule has 0 spiro atoms. The number of carbonyl (C=O) groups excluding carboxylic acids is 1. The lowest BCUT2D eigenvalue weighted by atomic mass is 9.99. The van der Waals surface area contributed by atoms with Crippen molar-refractivity contribution in [3.63, 3.8) is 0 Å². The lowest BCUT2D eigenvalue weighted by Gasteiger charge is -2.23. The zero-order chi connectivity index (χ0) is 22.7. The summed E-state index contributed by atoms with van der Waals surface area (Å²) >= 11 is 0. The summed E-state index contributed by atoms with van der Waals surface area (Å²) in [4.78, 5) is 16.8. The summed E-state index contributed by atoms with van der Waals surface area (Å²) < 4.78 is 26.8. The first-order chi connectivity index (χ1) is 15.4. The van der Waals surface area contributed by atoms with E-state index >= 15 is 0 Å². The van der Waals surface area contributed by atoms with E-state index in [1.165, 1.54) is 12.1 Å². The number of halogens is 1. The Balaban J connectivity index is 1.62. The second-order valence-electron chi connectivity index (χ2n) is 8.45. The molecular weight excluding hydrogens is 413 g/mol. The Morgan fingerprint density at radius 1 is 1.19 bits per heavy atom. The lowest BCUT2D eigenvalue weighted by molar-refractivity contribution is -0.0606. The molecule has 7 nitrogen and oxygen atoms in total. The van der Waals surface area contributed by atoms with Gasteiger partial charge in [-0.25, -0.2) is 14.4 Å². The lowest BCUT2D eigenvalue weighted by Crippen LogP contribution is -2.35. The standard InChI is InChI=1S/C24H28FN3O4/c1-16(2)14-31-9-10-32-15-18-13-27(12-17-3-5-19(25)6-4-17)21-11-26-23-20(22(18)21)7-8-28(30)24(23)29/h3-6,11,13,16,30H,7-10,12,14-15H2,1-2H3. The Kier molecular flexibility index (Phi) is 6.83. The van der Waals surface area contributed by atoms with E-state index in [0.717, 1.165) is 27.6 Å². The molecule has 0 saturated heterocycles. The Morgan fingerprint density at radius 3 is 2.69 bits per heavy atom. The van der Waals surface area contributed by atoms with E-state index in [-0.39, 0.29) is 18.1 Å². The minimum Gasteiger partial charge on any atom is -0.379 e. The molecule has 8 heteroatoms. The fourth-order valence-electron chi connectivity index (χ4n) is 3.95. The minimum atomic E-state index is -0.492. The van der Waals surface area contributed by atoms with Crippen LogP contribution in [0.4, 0.5) is 4.39 Å². The molecule has 0 unspecified atom stereocenters. The van der Waals surface area contributed by atoms with Crippen LogP contribution in [0.5, 0.6) is 0 Å². The zero-order valence-corrected chi connectivity index (χ0v) is 18.4. The predicted octanol–water partition coefficient (Wildman–Crippen LogP) is 3.80. The number of pyridine rings is 1. The molecule has 1 amide bonds. The van der Waals surface area contributed by atoms with Gasteiger partial charge >= 0.3 is 0 Å². The molecular formula is C24H28FN3O4. The number of rotatable bonds is 9. The van der Waals surface area contributed by atoms with Crippen LogP contribution in [-0.4, -0.2) is 52.1 Å². The number of nitrogens with zero attached hydrogens (tertiary/aromatic N) is 3. The summed E-state index contributed by atoms with van der Waals surface area (Å²) in [5.74, 6) is -0.293. The number of fused-ring (bicyclic) bond motifs is 3. The van der Waals surface area contributed by atoms with Crippen LogP contribution < -0.4 is 0 Å². The van der Waals surface area contributed by atoms with Gasteiger partial charge < -0.3 is 14.0 Å². The fourth-order valence-corrected chi connectivity index (χ4v) is 3.95.